The summed E-state index contributed by atoms with van der Waals surface area (Å²) in [6, 6.07) is 3.90. The van der Waals surface area contributed by atoms with Gasteiger partial charge >= 0.3 is 0 Å². The summed E-state index contributed by atoms with van der Waals surface area (Å²) in [6.07, 6.45) is 2.91. The van der Waals surface area contributed by atoms with Crippen LogP contribution in [-0.2, 0) is 11.3 Å². The molecule has 0 aliphatic carbocycles. The third-order valence-corrected chi connectivity index (χ3v) is 6.88. The van der Waals surface area contributed by atoms with Crippen molar-refractivity contribution in [3.8, 4) is 11.5 Å². The summed E-state index contributed by atoms with van der Waals surface area (Å²) in [6.45, 7) is 9.02. The molecule has 186 valence electrons. The van der Waals surface area contributed by atoms with Crippen molar-refractivity contribution in [3.05, 3.63) is 34.3 Å². The number of nitrogens with one attached hydrogen (secondary N) is 1. The highest BCUT2D eigenvalue weighted by Gasteiger charge is 2.23. The third kappa shape index (κ3) is 5.02. The van der Waals surface area contributed by atoms with Crippen molar-refractivity contribution in [2.24, 2.45) is 4.99 Å². The van der Waals surface area contributed by atoms with E-state index in [2.05, 4.69) is 34.0 Å². The Bertz CT molecular complexity index is 1270. The molecule has 10 nitrogen and oxygen atoms in total. The molecule has 0 radical (unpaired) electrons. The summed E-state index contributed by atoms with van der Waals surface area (Å²) < 4.78 is 19.6. The second-order valence-corrected chi connectivity index (χ2v) is 9.72. The van der Waals surface area contributed by atoms with Gasteiger partial charge in [-0.05, 0) is 32.4 Å². The van der Waals surface area contributed by atoms with Crippen LogP contribution in [0.3, 0.4) is 0 Å². The molecule has 1 N–H and O–H groups in total. The zero-order valence-electron chi connectivity index (χ0n) is 20.2. The number of anilines is 1. The monoisotopic (exact) mass is 498 g/mol. The number of aromatic nitrogens is 3. The number of thiazole rings is 1. The smallest absolute Gasteiger partial charge is 0.291 e. The molecule has 2 aliphatic heterocycles. The highest BCUT2D eigenvalue weighted by molar-refractivity contribution is 7.11. The number of amides is 1. The normalized spacial score (nSPS) is 20.6. The predicted molar refractivity (Wildman–Crippen MR) is 133 cm³/mol. The number of hydrogen-bond donors (Lipinski definition) is 1. The van der Waals surface area contributed by atoms with Crippen LogP contribution in [0.25, 0.3) is 10.9 Å². The van der Waals surface area contributed by atoms with E-state index in [0.29, 0.717) is 40.7 Å². The van der Waals surface area contributed by atoms with E-state index >= 15 is 0 Å². The van der Waals surface area contributed by atoms with E-state index < -0.39 is 0 Å². The maximum absolute atomic E-state index is 12.6. The van der Waals surface area contributed by atoms with E-state index in [0.717, 1.165) is 43.8 Å². The van der Waals surface area contributed by atoms with E-state index in [1.165, 1.54) is 17.5 Å². The van der Waals surface area contributed by atoms with Crippen molar-refractivity contribution < 1.29 is 19.0 Å². The fraction of sp³-hybridized carbons (Fsp3) is 0.500. The maximum atomic E-state index is 12.6. The summed E-state index contributed by atoms with van der Waals surface area (Å²) in [5.41, 5.74) is 2.56. The first-order valence-corrected chi connectivity index (χ1v) is 12.7. The van der Waals surface area contributed by atoms with Gasteiger partial charge in [0.05, 0.1) is 37.6 Å². The van der Waals surface area contributed by atoms with Gasteiger partial charge in [0, 0.05) is 38.1 Å². The molecule has 1 amide bonds. The lowest BCUT2D eigenvalue weighted by atomic mass is 10.2. The van der Waals surface area contributed by atoms with Crippen LogP contribution in [0.1, 0.15) is 29.9 Å². The molecular weight excluding hydrogens is 468 g/mol. The molecule has 11 heteroatoms. The Labute approximate surface area is 207 Å². The van der Waals surface area contributed by atoms with Crippen LogP contribution in [-0.4, -0.2) is 77.4 Å². The van der Waals surface area contributed by atoms with Crippen molar-refractivity contribution in [1.82, 2.24) is 19.4 Å². The van der Waals surface area contributed by atoms with Gasteiger partial charge in [0.1, 0.15) is 16.2 Å². The number of methoxy groups -OCH3 is 1. The molecule has 4 heterocycles. The van der Waals surface area contributed by atoms with Gasteiger partial charge in [-0.15, -0.1) is 11.3 Å². The highest BCUT2D eigenvalue weighted by atomic mass is 32.1. The minimum Gasteiger partial charge on any atom is -0.491 e. The molecule has 35 heavy (non-hydrogen) atoms. The second-order valence-electron chi connectivity index (χ2n) is 8.83. The second kappa shape index (κ2) is 10.3. The standard InChI is InChI=1S/C24H30N6O4S/c1-15-12-29(13-16(2)34-15)8-4-10-33-18-6-5-17-20(21(18)32-3)27-24(30-9-7-26-22(17)30)28-23(31)19-11-25-14-35-19/h5-6,11,14-16,26H,4,7-10,12-13H2,1-3H3/t15-,16+. The first kappa shape index (κ1) is 23.7. The number of carbonyl (C=O) groups excluding carboxylic acids is 1. The number of hydrogen-bond acceptors (Lipinski definition) is 9. The third-order valence-electron chi connectivity index (χ3n) is 6.12. The molecule has 2 aromatic heterocycles. The zero-order chi connectivity index (χ0) is 24.4. The number of ether oxygens (including phenoxy) is 3. The topological polar surface area (TPSA) is 103 Å². The molecule has 3 aromatic rings. The Hall–Kier alpha value is -3.02. The number of morpholine rings is 1. The van der Waals surface area contributed by atoms with Gasteiger partial charge in [-0.3, -0.25) is 19.2 Å². The molecule has 0 unspecified atom stereocenters. The minimum absolute atomic E-state index is 0.252. The maximum Gasteiger partial charge on any atom is 0.291 e. The SMILES string of the molecule is COc1c(OCCCN2C[C@@H](C)O[C@@H](C)C2)ccc2c3n(c(=NC(=O)c4cncs4)nc12)CCN3. The molecular formula is C24H30N6O4S. The fourth-order valence-corrected chi connectivity index (χ4v) is 5.25. The van der Waals surface area contributed by atoms with E-state index in [1.54, 1.807) is 12.6 Å². The molecule has 1 fully saturated rings. The molecule has 2 aliphatic rings. The number of nitrogens with zero attached hydrogens (tertiary/aromatic N) is 5. The Morgan fingerprint density at radius 3 is 2.89 bits per heavy atom. The van der Waals surface area contributed by atoms with Gasteiger partial charge < -0.3 is 19.5 Å². The highest BCUT2D eigenvalue weighted by Crippen LogP contribution is 2.37. The number of benzene rings is 1. The van der Waals surface area contributed by atoms with Gasteiger partial charge in [0.25, 0.3) is 5.91 Å². The molecule has 0 saturated carbocycles. The molecule has 2 atom stereocenters. The van der Waals surface area contributed by atoms with Crippen LogP contribution >= 0.6 is 11.3 Å². The van der Waals surface area contributed by atoms with Crippen molar-refractivity contribution in [1.29, 1.82) is 0 Å². The lowest BCUT2D eigenvalue weighted by molar-refractivity contribution is -0.0686. The molecule has 1 aromatic carbocycles. The van der Waals surface area contributed by atoms with Crippen LogP contribution in [0.15, 0.2) is 28.8 Å². The summed E-state index contributed by atoms with van der Waals surface area (Å²) >= 11 is 1.26. The van der Waals surface area contributed by atoms with Crippen molar-refractivity contribution in [3.63, 3.8) is 0 Å². The average molecular weight is 499 g/mol. The molecule has 0 spiro atoms. The van der Waals surface area contributed by atoms with Crippen LogP contribution < -0.4 is 20.4 Å². The van der Waals surface area contributed by atoms with Crippen molar-refractivity contribution >= 4 is 34.0 Å². The zero-order valence-corrected chi connectivity index (χ0v) is 21.0. The summed E-state index contributed by atoms with van der Waals surface area (Å²) in [7, 11) is 1.60. The average Bonchev–Trinajstić information content (AvgIpc) is 3.54. The largest absolute Gasteiger partial charge is 0.491 e. The predicted octanol–water partition coefficient (Wildman–Crippen LogP) is 2.55. The molecule has 1 saturated heterocycles. The van der Waals surface area contributed by atoms with Crippen LogP contribution in [0.5, 0.6) is 11.5 Å². The number of carbonyl (C=O) groups is 1. The quantitative estimate of drug-likeness (QED) is 0.496. The van der Waals surface area contributed by atoms with E-state index in [9.17, 15) is 4.79 Å². The molecule has 0 bridgehead atoms. The van der Waals surface area contributed by atoms with Crippen molar-refractivity contribution in [2.45, 2.75) is 39.0 Å². The van der Waals surface area contributed by atoms with Crippen molar-refractivity contribution in [2.75, 3.05) is 45.2 Å². The van der Waals surface area contributed by atoms with Gasteiger partial charge in [-0.25, -0.2) is 4.98 Å². The minimum atomic E-state index is -0.362. The fourth-order valence-electron chi connectivity index (χ4n) is 4.75. The Morgan fingerprint density at radius 2 is 2.14 bits per heavy atom. The Balaban J connectivity index is 1.39. The van der Waals surface area contributed by atoms with Gasteiger partial charge in [0.2, 0.25) is 5.62 Å². The Morgan fingerprint density at radius 1 is 1.31 bits per heavy atom. The summed E-state index contributed by atoms with van der Waals surface area (Å²) in [5.74, 6) is 1.67. The lowest BCUT2D eigenvalue weighted by Crippen LogP contribution is -2.45. The first-order chi connectivity index (χ1) is 17.0. The van der Waals surface area contributed by atoms with Gasteiger partial charge in [0.15, 0.2) is 11.5 Å². The van der Waals surface area contributed by atoms with E-state index in [4.69, 9.17) is 19.2 Å². The summed E-state index contributed by atoms with van der Waals surface area (Å²) in [5, 5.41) is 4.28. The van der Waals surface area contributed by atoms with Gasteiger partial charge in [-0.2, -0.15) is 4.99 Å². The van der Waals surface area contributed by atoms with Crippen LogP contribution in [0.2, 0.25) is 0 Å². The Kier molecular flexibility index (Phi) is 6.98. The number of rotatable bonds is 7. The van der Waals surface area contributed by atoms with E-state index in [-0.39, 0.29) is 18.1 Å². The lowest BCUT2D eigenvalue weighted by Gasteiger charge is -2.35. The van der Waals surface area contributed by atoms with Crippen LogP contribution in [0.4, 0.5) is 5.82 Å². The van der Waals surface area contributed by atoms with Crippen LogP contribution in [0, 0.1) is 0 Å². The van der Waals surface area contributed by atoms with Gasteiger partial charge in [-0.1, -0.05) is 0 Å². The summed E-state index contributed by atoms with van der Waals surface area (Å²) in [4.78, 5) is 28.5. The van der Waals surface area contributed by atoms with E-state index in [1.807, 2.05) is 16.7 Å². The number of fused-ring (bicyclic) bond motifs is 3. The first-order valence-electron chi connectivity index (χ1n) is 11.9. The molecule has 5 rings (SSSR count).